The van der Waals surface area contributed by atoms with E-state index in [1.165, 1.54) is 11.1 Å². The molecule has 1 atom stereocenters. The quantitative estimate of drug-likeness (QED) is 0.896. The van der Waals surface area contributed by atoms with Gasteiger partial charge >= 0.3 is 0 Å². The predicted octanol–water partition coefficient (Wildman–Crippen LogP) is 1.95. The summed E-state index contributed by atoms with van der Waals surface area (Å²) in [5, 5.41) is 3.16. The molecule has 0 saturated heterocycles. The normalized spacial score (nSPS) is 20.3. The lowest BCUT2D eigenvalue weighted by atomic mass is 10.1. The Morgan fingerprint density at radius 1 is 1.26 bits per heavy atom. The van der Waals surface area contributed by atoms with Gasteiger partial charge in [0, 0.05) is 6.04 Å². The van der Waals surface area contributed by atoms with Gasteiger partial charge in [0.05, 0.1) is 10.6 Å². The third-order valence-corrected chi connectivity index (χ3v) is 6.16. The van der Waals surface area contributed by atoms with Crippen LogP contribution in [0.15, 0.2) is 23.1 Å². The maximum Gasteiger partial charge on any atom is 0.179 e. The van der Waals surface area contributed by atoms with E-state index in [-0.39, 0.29) is 11.8 Å². The minimum atomic E-state index is -3.16. The largest absolute Gasteiger partial charge is 0.316 e. The van der Waals surface area contributed by atoms with Crippen LogP contribution in [0.5, 0.6) is 0 Å². The summed E-state index contributed by atoms with van der Waals surface area (Å²) in [5.74, 6) is 0.779. The molecule has 0 aromatic heterocycles. The SMILES string of the molecule is CNC(CS(=O)(=O)c1ccc2c(c1)CCC2)C1CC1. The molecule has 4 heteroatoms. The van der Waals surface area contributed by atoms with Gasteiger partial charge in [0.15, 0.2) is 9.84 Å². The number of hydrogen-bond donors (Lipinski definition) is 1. The molecule has 3 rings (SSSR count). The molecule has 0 spiro atoms. The summed E-state index contributed by atoms with van der Waals surface area (Å²) in [5.41, 5.74) is 2.56. The van der Waals surface area contributed by atoms with Crippen LogP contribution in [0.1, 0.15) is 30.4 Å². The fourth-order valence-corrected chi connectivity index (χ4v) is 4.73. The Hall–Kier alpha value is -0.870. The lowest BCUT2D eigenvalue weighted by Crippen LogP contribution is -2.34. The van der Waals surface area contributed by atoms with Gasteiger partial charge in [-0.25, -0.2) is 8.42 Å². The number of nitrogens with one attached hydrogen (secondary N) is 1. The monoisotopic (exact) mass is 279 g/mol. The second-order valence-electron chi connectivity index (χ2n) is 5.80. The predicted molar refractivity (Wildman–Crippen MR) is 76.1 cm³/mol. The number of sulfone groups is 1. The van der Waals surface area contributed by atoms with Crippen LogP contribution in [-0.4, -0.2) is 27.3 Å². The Kier molecular flexibility index (Phi) is 3.39. The summed E-state index contributed by atoms with van der Waals surface area (Å²) < 4.78 is 25.0. The molecule has 0 heterocycles. The van der Waals surface area contributed by atoms with Crippen molar-refractivity contribution in [2.24, 2.45) is 5.92 Å². The fourth-order valence-electron chi connectivity index (χ4n) is 3.03. The van der Waals surface area contributed by atoms with Gasteiger partial charge in [0.2, 0.25) is 0 Å². The zero-order chi connectivity index (χ0) is 13.5. The number of benzene rings is 1. The molecule has 2 aliphatic carbocycles. The van der Waals surface area contributed by atoms with Crippen molar-refractivity contribution in [2.75, 3.05) is 12.8 Å². The first-order valence-corrected chi connectivity index (χ1v) is 8.77. The first kappa shape index (κ1) is 13.1. The second kappa shape index (κ2) is 4.91. The van der Waals surface area contributed by atoms with Crippen molar-refractivity contribution in [1.82, 2.24) is 5.32 Å². The zero-order valence-electron chi connectivity index (χ0n) is 11.4. The van der Waals surface area contributed by atoms with E-state index in [1.807, 2.05) is 19.2 Å². The molecule has 104 valence electrons. The number of hydrogen-bond acceptors (Lipinski definition) is 3. The molecule has 0 radical (unpaired) electrons. The van der Waals surface area contributed by atoms with E-state index in [2.05, 4.69) is 5.32 Å². The Labute approximate surface area is 115 Å². The Bertz CT molecular complexity index is 576. The molecule has 3 nitrogen and oxygen atoms in total. The van der Waals surface area contributed by atoms with Crippen LogP contribution in [0.2, 0.25) is 0 Å². The van der Waals surface area contributed by atoms with E-state index in [0.29, 0.717) is 10.8 Å². The Balaban J connectivity index is 1.83. The molecule has 1 aromatic carbocycles. The summed E-state index contributed by atoms with van der Waals surface area (Å²) in [6.07, 6.45) is 5.59. The Morgan fingerprint density at radius 3 is 2.68 bits per heavy atom. The van der Waals surface area contributed by atoms with Gasteiger partial charge in [-0.3, -0.25) is 0 Å². The molecular weight excluding hydrogens is 258 g/mol. The second-order valence-corrected chi connectivity index (χ2v) is 7.83. The van der Waals surface area contributed by atoms with Crippen molar-refractivity contribution < 1.29 is 8.42 Å². The lowest BCUT2D eigenvalue weighted by molar-refractivity contribution is 0.527. The fraction of sp³-hybridized carbons (Fsp3) is 0.600. The maximum atomic E-state index is 12.5. The molecule has 2 aliphatic rings. The molecule has 0 amide bonds. The summed E-state index contributed by atoms with van der Waals surface area (Å²) in [6, 6.07) is 5.80. The molecular formula is C15H21NO2S. The van der Waals surface area contributed by atoms with Gasteiger partial charge < -0.3 is 5.32 Å². The van der Waals surface area contributed by atoms with Crippen LogP contribution in [0.4, 0.5) is 0 Å². The first-order chi connectivity index (χ1) is 9.10. The minimum absolute atomic E-state index is 0.109. The topological polar surface area (TPSA) is 46.2 Å². The highest BCUT2D eigenvalue weighted by atomic mass is 32.2. The van der Waals surface area contributed by atoms with Crippen molar-refractivity contribution >= 4 is 9.84 Å². The smallest absolute Gasteiger partial charge is 0.179 e. The minimum Gasteiger partial charge on any atom is -0.316 e. The highest BCUT2D eigenvalue weighted by Gasteiger charge is 2.34. The first-order valence-electron chi connectivity index (χ1n) is 7.12. The van der Waals surface area contributed by atoms with Gasteiger partial charge in [0.1, 0.15) is 0 Å². The average Bonchev–Trinajstić information content (AvgIpc) is 3.13. The van der Waals surface area contributed by atoms with E-state index >= 15 is 0 Å². The van der Waals surface area contributed by atoms with Crippen LogP contribution in [0.25, 0.3) is 0 Å². The van der Waals surface area contributed by atoms with E-state index in [0.717, 1.165) is 32.1 Å². The van der Waals surface area contributed by atoms with Gasteiger partial charge in [-0.15, -0.1) is 0 Å². The van der Waals surface area contributed by atoms with E-state index in [4.69, 9.17) is 0 Å². The van der Waals surface area contributed by atoms with Crippen molar-refractivity contribution in [2.45, 2.75) is 43.0 Å². The van der Waals surface area contributed by atoms with Crippen molar-refractivity contribution in [1.29, 1.82) is 0 Å². The highest BCUT2D eigenvalue weighted by molar-refractivity contribution is 7.91. The van der Waals surface area contributed by atoms with Crippen LogP contribution < -0.4 is 5.32 Å². The summed E-state index contributed by atoms with van der Waals surface area (Å²) in [7, 11) is -1.30. The highest BCUT2D eigenvalue weighted by Crippen LogP contribution is 2.34. The van der Waals surface area contributed by atoms with Gasteiger partial charge in [-0.05, 0) is 68.3 Å². The van der Waals surface area contributed by atoms with Crippen molar-refractivity contribution in [3.05, 3.63) is 29.3 Å². The number of fused-ring (bicyclic) bond motifs is 1. The van der Waals surface area contributed by atoms with E-state index in [9.17, 15) is 8.42 Å². The van der Waals surface area contributed by atoms with Crippen LogP contribution in [0.3, 0.4) is 0 Å². The molecule has 0 bridgehead atoms. The standard InChI is InChI=1S/C15H21NO2S/c1-16-15(12-5-6-12)10-19(17,18)14-8-7-11-3-2-4-13(11)9-14/h7-9,12,15-16H,2-6,10H2,1H3. The number of aryl methyl sites for hydroxylation is 2. The lowest BCUT2D eigenvalue weighted by Gasteiger charge is -2.16. The Morgan fingerprint density at radius 2 is 2.00 bits per heavy atom. The summed E-state index contributed by atoms with van der Waals surface area (Å²) in [4.78, 5) is 0.508. The zero-order valence-corrected chi connectivity index (χ0v) is 12.2. The molecule has 19 heavy (non-hydrogen) atoms. The van der Waals surface area contributed by atoms with Crippen LogP contribution >= 0.6 is 0 Å². The van der Waals surface area contributed by atoms with E-state index < -0.39 is 9.84 Å². The third-order valence-electron chi connectivity index (χ3n) is 4.39. The molecule has 1 saturated carbocycles. The molecule has 1 fully saturated rings. The van der Waals surface area contributed by atoms with Crippen LogP contribution in [-0.2, 0) is 22.7 Å². The van der Waals surface area contributed by atoms with Gasteiger partial charge in [-0.2, -0.15) is 0 Å². The third kappa shape index (κ3) is 2.70. The van der Waals surface area contributed by atoms with Gasteiger partial charge in [-0.1, -0.05) is 6.07 Å². The molecule has 1 N–H and O–H groups in total. The number of rotatable bonds is 5. The molecule has 0 aliphatic heterocycles. The molecule has 1 unspecified atom stereocenters. The summed E-state index contributed by atoms with van der Waals surface area (Å²) >= 11 is 0. The van der Waals surface area contributed by atoms with Crippen LogP contribution in [0, 0.1) is 5.92 Å². The van der Waals surface area contributed by atoms with Gasteiger partial charge in [0.25, 0.3) is 0 Å². The summed E-state index contributed by atoms with van der Waals surface area (Å²) in [6.45, 7) is 0. The van der Waals surface area contributed by atoms with Crippen molar-refractivity contribution in [3.63, 3.8) is 0 Å². The molecule has 1 aromatic rings. The maximum absolute atomic E-state index is 12.5. The van der Waals surface area contributed by atoms with Crippen molar-refractivity contribution in [3.8, 4) is 0 Å². The van der Waals surface area contributed by atoms with E-state index in [1.54, 1.807) is 6.07 Å². The average molecular weight is 279 g/mol.